The molecule has 1 saturated heterocycles. The van der Waals surface area contributed by atoms with Crippen molar-refractivity contribution in [3.05, 3.63) is 76.0 Å². The van der Waals surface area contributed by atoms with Gasteiger partial charge < -0.3 is 10.3 Å². The minimum absolute atomic E-state index is 0.0332. The van der Waals surface area contributed by atoms with Gasteiger partial charge in [-0.2, -0.15) is 0 Å². The highest BCUT2D eigenvalue weighted by Gasteiger charge is 2.18. The molecule has 3 aromatic rings. The molecule has 7 heteroatoms. The van der Waals surface area contributed by atoms with Crippen LogP contribution in [0.1, 0.15) is 43.0 Å². The summed E-state index contributed by atoms with van der Waals surface area (Å²) >= 11 is 0. The number of rotatable bonds is 6. The summed E-state index contributed by atoms with van der Waals surface area (Å²) in [5.41, 5.74) is 3.28. The first kappa shape index (κ1) is 21.9. The van der Waals surface area contributed by atoms with Crippen molar-refractivity contribution in [2.24, 2.45) is 0 Å². The molecule has 1 aliphatic heterocycles. The van der Waals surface area contributed by atoms with Crippen molar-refractivity contribution in [3.8, 4) is 11.4 Å². The topological polar surface area (TPSA) is 91.0 Å². The van der Waals surface area contributed by atoms with Crippen molar-refractivity contribution < 1.29 is 4.79 Å². The maximum atomic E-state index is 12.6. The number of piperidine rings is 1. The Labute approximate surface area is 187 Å². The first-order chi connectivity index (χ1) is 15.5. The van der Waals surface area contributed by atoms with Gasteiger partial charge in [-0.25, -0.2) is 4.98 Å². The summed E-state index contributed by atoms with van der Waals surface area (Å²) in [7, 11) is 0. The number of benzene rings is 1. The van der Waals surface area contributed by atoms with E-state index < -0.39 is 0 Å². The lowest BCUT2D eigenvalue weighted by atomic mass is 10.0. The maximum Gasteiger partial charge on any atom is 0.255 e. The lowest BCUT2D eigenvalue weighted by molar-refractivity contribution is -0.115. The largest absolute Gasteiger partial charge is 0.326 e. The minimum Gasteiger partial charge on any atom is -0.326 e. The normalized spacial score (nSPS) is 16.6. The van der Waals surface area contributed by atoms with Gasteiger partial charge in [0.2, 0.25) is 5.91 Å². The van der Waals surface area contributed by atoms with Crippen LogP contribution in [0.5, 0.6) is 0 Å². The Hall–Kier alpha value is -3.32. The Kier molecular flexibility index (Phi) is 6.75. The van der Waals surface area contributed by atoms with Crippen LogP contribution < -0.4 is 10.9 Å². The maximum absolute atomic E-state index is 12.6. The number of aromatic nitrogens is 3. The number of aryl methyl sites for hydroxylation is 1. The first-order valence-corrected chi connectivity index (χ1v) is 11.1. The molecule has 2 aromatic heterocycles. The van der Waals surface area contributed by atoms with E-state index in [2.05, 4.69) is 44.2 Å². The van der Waals surface area contributed by atoms with E-state index >= 15 is 0 Å². The second-order valence-electron chi connectivity index (χ2n) is 8.46. The van der Waals surface area contributed by atoms with Crippen LogP contribution in [0.15, 0.2) is 53.6 Å². The third-order valence-electron chi connectivity index (χ3n) is 6.06. The summed E-state index contributed by atoms with van der Waals surface area (Å²) in [5.74, 6) is 0.204. The average molecular weight is 432 g/mol. The van der Waals surface area contributed by atoms with Crippen LogP contribution in [0, 0.1) is 6.92 Å². The first-order valence-electron chi connectivity index (χ1n) is 11.1. The Bertz CT molecular complexity index is 1130. The highest BCUT2D eigenvalue weighted by Crippen LogP contribution is 2.20. The number of likely N-dealkylation sites (tertiary alicyclic amines) is 1. The molecule has 1 atom stereocenters. The summed E-state index contributed by atoms with van der Waals surface area (Å²) in [6.07, 6.45) is 7.09. The van der Waals surface area contributed by atoms with Crippen LogP contribution in [0.25, 0.3) is 11.4 Å². The zero-order valence-corrected chi connectivity index (χ0v) is 18.6. The van der Waals surface area contributed by atoms with Gasteiger partial charge >= 0.3 is 0 Å². The fourth-order valence-corrected chi connectivity index (χ4v) is 4.14. The lowest BCUT2D eigenvalue weighted by Crippen LogP contribution is -2.36. The highest BCUT2D eigenvalue weighted by molar-refractivity contribution is 5.92. The fraction of sp³-hybridized carbons (Fsp3) is 0.360. The smallest absolute Gasteiger partial charge is 0.255 e. The average Bonchev–Trinajstić information content (AvgIpc) is 2.79. The molecule has 0 aliphatic carbocycles. The summed E-state index contributed by atoms with van der Waals surface area (Å²) < 4.78 is 0. The van der Waals surface area contributed by atoms with Gasteiger partial charge in [0.25, 0.3) is 5.56 Å². The molecule has 0 spiro atoms. The van der Waals surface area contributed by atoms with Gasteiger partial charge in [-0.05, 0) is 63.1 Å². The van der Waals surface area contributed by atoms with E-state index in [-0.39, 0.29) is 17.9 Å². The number of carbonyl (C=O) groups excluding carboxylic acids is 1. The standard InChI is InChI=1S/C25H29N5O2/c1-17-6-3-4-13-30(17)16-19-8-10-21(11-9-19)28-23(31)14-22-18(2)27-24(29-25(22)32)20-7-5-12-26-15-20/h5,7-12,15,17H,3-4,6,13-14,16H2,1-2H3,(H,28,31)(H,27,29,32). The summed E-state index contributed by atoms with van der Waals surface area (Å²) in [5, 5.41) is 2.89. The van der Waals surface area contributed by atoms with Gasteiger partial charge in [0.05, 0.1) is 6.42 Å². The van der Waals surface area contributed by atoms with Gasteiger partial charge in [-0.1, -0.05) is 18.6 Å². The van der Waals surface area contributed by atoms with E-state index in [1.165, 1.54) is 24.8 Å². The van der Waals surface area contributed by atoms with Crippen LogP contribution in [-0.2, 0) is 17.8 Å². The molecule has 1 fully saturated rings. The molecule has 1 unspecified atom stereocenters. The Morgan fingerprint density at radius 1 is 1.22 bits per heavy atom. The number of pyridine rings is 1. The molecule has 1 amide bonds. The van der Waals surface area contributed by atoms with Gasteiger partial charge in [-0.3, -0.25) is 19.5 Å². The Morgan fingerprint density at radius 3 is 2.72 bits per heavy atom. The number of nitrogens with one attached hydrogen (secondary N) is 2. The van der Waals surface area contributed by atoms with Crippen LogP contribution in [0.2, 0.25) is 0 Å². The Balaban J connectivity index is 1.39. The van der Waals surface area contributed by atoms with E-state index in [0.717, 1.165) is 24.3 Å². The van der Waals surface area contributed by atoms with Gasteiger partial charge in [0.1, 0.15) is 5.82 Å². The van der Waals surface area contributed by atoms with Crippen molar-refractivity contribution in [2.75, 3.05) is 11.9 Å². The summed E-state index contributed by atoms with van der Waals surface area (Å²) in [4.78, 5) is 38.9. The van der Waals surface area contributed by atoms with Gasteiger partial charge in [-0.15, -0.1) is 0 Å². The highest BCUT2D eigenvalue weighted by atomic mass is 16.2. The number of hydrogen-bond acceptors (Lipinski definition) is 5. The number of aromatic amines is 1. The number of H-pyrrole nitrogens is 1. The second-order valence-corrected chi connectivity index (χ2v) is 8.46. The molecule has 32 heavy (non-hydrogen) atoms. The monoisotopic (exact) mass is 431 g/mol. The van der Waals surface area contributed by atoms with Gasteiger partial charge in [0, 0.05) is 47.5 Å². The van der Waals surface area contributed by atoms with Crippen LogP contribution in [-0.4, -0.2) is 38.3 Å². The second kappa shape index (κ2) is 9.87. The minimum atomic E-state index is -0.308. The molecule has 4 rings (SSSR count). The van der Waals surface area contributed by atoms with Crippen LogP contribution in [0.3, 0.4) is 0 Å². The number of amides is 1. The lowest BCUT2D eigenvalue weighted by Gasteiger charge is -2.33. The van der Waals surface area contributed by atoms with Crippen molar-refractivity contribution in [2.45, 2.75) is 52.1 Å². The van der Waals surface area contributed by atoms with Gasteiger partial charge in [0.15, 0.2) is 0 Å². The third kappa shape index (κ3) is 5.29. The fourth-order valence-electron chi connectivity index (χ4n) is 4.14. The van der Waals surface area contributed by atoms with Crippen LogP contribution in [0.4, 0.5) is 5.69 Å². The van der Waals surface area contributed by atoms with Crippen LogP contribution >= 0.6 is 0 Å². The molecular weight excluding hydrogens is 402 g/mol. The van der Waals surface area contributed by atoms with Crippen molar-refractivity contribution in [3.63, 3.8) is 0 Å². The molecule has 0 bridgehead atoms. The summed E-state index contributed by atoms with van der Waals surface area (Å²) in [6.45, 7) is 6.10. The van der Waals surface area contributed by atoms with E-state index in [9.17, 15) is 9.59 Å². The quantitative estimate of drug-likeness (QED) is 0.621. The molecule has 1 aromatic carbocycles. The summed E-state index contributed by atoms with van der Waals surface area (Å²) in [6, 6.07) is 12.2. The SMILES string of the molecule is Cc1nc(-c2cccnc2)[nH]c(=O)c1CC(=O)Nc1ccc(CN2CCCCC2C)cc1. The number of carbonyl (C=O) groups is 1. The molecule has 7 nitrogen and oxygen atoms in total. The number of nitrogens with zero attached hydrogens (tertiary/aromatic N) is 3. The number of anilines is 1. The molecule has 166 valence electrons. The Morgan fingerprint density at radius 2 is 2.03 bits per heavy atom. The third-order valence-corrected chi connectivity index (χ3v) is 6.06. The molecule has 2 N–H and O–H groups in total. The predicted molar refractivity (Wildman–Crippen MR) is 125 cm³/mol. The van der Waals surface area contributed by atoms with Crippen molar-refractivity contribution in [1.29, 1.82) is 0 Å². The molecule has 0 saturated carbocycles. The molecule has 1 aliphatic rings. The zero-order chi connectivity index (χ0) is 22.5. The van der Waals surface area contributed by atoms with Crippen molar-refractivity contribution in [1.82, 2.24) is 19.9 Å². The van der Waals surface area contributed by atoms with E-state index in [4.69, 9.17) is 0 Å². The molecule has 0 radical (unpaired) electrons. The van der Waals surface area contributed by atoms with E-state index in [0.29, 0.717) is 23.1 Å². The number of hydrogen-bond donors (Lipinski definition) is 2. The zero-order valence-electron chi connectivity index (χ0n) is 18.6. The molecule has 3 heterocycles. The predicted octanol–water partition coefficient (Wildman–Crippen LogP) is 3.70. The van der Waals surface area contributed by atoms with E-state index in [1.54, 1.807) is 25.4 Å². The van der Waals surface area contributed by atoms with Crippen molar-refractivity contribution >= 4 is 11.6 Å². The molecular formula is C25H29N5O2. The van der Waals surface area contributed by atoms with E-state index in [1.807, 2.05) is 18.2 Å².